The van der Waals surface area contributed by atoms with Gasteiger partial charge in [-0.3, -0.25) is 9.30 Å². The van der Waals surface area contributed by atoms with Gasteiger partial charge < -0.3 is 9.88 Å². The van der Waals surface area contributed by atoms with E-state index >= 15 is 0 Å². The molecule has 7 nitrogen and oxygen atoms in total. The van der Waals surface area contributed by atoms with E-state index in [1.807, 2.05) is 19.9 Å². The second-order valence-electron chi connectivity index (χ2n) is 11.3. The molecule has 1 saturated heterocycles. The van der Waals surface area contributed by atoms with E-state index in [4.69, 9.17) is 9.97 Å². The van der Waals surface area contributed by atoms with Gasteiger partial charge in [-0.1, -0.05) is 51.1 Å². The highest BCUT2D eigenvalue weighted by Crippen LogP contribution is 2.30. The number of rotatable bonds is 4. The highest BCUT2D eigenvalue weighted by atomic mass is 15.3. The molecule has 1 aliphatic rings. The number of aromatic nitrogens is 5. The van der Waals surface area contributed by atoms with Gasteiger partial charge in [0.05, 0.1) is 22.4 Å². The minimum atomic E-state index is 0.141. The molecule has 1 fully saturated rings. The Labute approximate surface area is 218 Å². The Morgan fingerprint density at radius 3 is 2.38 bits per heavy atom. The summed E-state index contributed by atoms with van der Waals surface area (Å²) in [5.41, 5.74) is 9.03. The van der Waals surface area contributed by atoms with Crippen molar-refractivity contribution in [3.05, 3.63) is 77.5 Å². The van der Waals surface area contributed by atoms with Crippen molar-refractivity contribution in [1.82, 2.24) is 29.2 Å². The highest BCUT2D eigenvalue weighted by molar-refractivity contribution is 5.91. The smallest absolute Gasteiger partial charge is 0.140 e. The molecule has 0 bridgehead atoms. The van der Waals surface area contributed by atoms with Crippen LogP contribution in [-0.2, 0) is 12.0 Å². The molecule has 0 amide bonds. The first-order valence-corrected chi connectivity index (χ1v) is 13.1. The highest BCUT2D eigenvalue weighted by Gasteiger charge is 2.21. The summed E-state index contributed by atoms with van der Waals surface area (Å²) < 4.78 is 2.09. The van der Waals surface area contributed by atoms with Crippen LogP contribution in [0, 0.1) is 13.8 Å². The van der Waals surface area contributed by atoms with Crippen molar-refractivity contribution in [1.29, 1.82) is 0 Å². The number of piperazine rings is 1. The zero-order chi connectivity index (χ0) is 25.7. The van der Waals surface area contributed by atoms with Crippen LogP contribution in [0.1, 0.15) is 43.5 Å². The molecule has 0 unspecified atom stereocenters. The zero-order valence-corrected chi connectivity index (χ0v) is 22.4. The molecule has 0 aliphatic carbocycles. The van der Waals surface area contributed by atoms with Gasteiger partial charge in [0.1, 0.15) is 17.3 Å². The summed E-state index contributed by atoms with van der Waals surface area (Å²) in [6.45, 7) is 15.6. The maximum absolute atomic E-state index is 4.93. The Hall–Kier alpha value is -3.71. The number of nitrogens with zero attached hydrogens (tertiary/aromatic N) is 6. The molecule has 3 aromatic heterocycles. The lowest BCUT2D eigenvalue weighted by atomic mass is 9.87. The third kappa shape index (κ3) is 4.60. The van der Waals surface area contributed by atoms with Crippen molar-refractivity contribution >= 4 is 22.4 Å². The van der Waals surface area contributed by atoms with E-state index in [0.717, 1.165) is 78.0 Å². The van der Waals surface area contributed by atoms with Crippen LogP contribution in [0.4, 0.5) is 5.69 Å². The number of anilines is 1. The Bertz CT molecular complexity index is 1560. The van der Waals surface area contributed by atoms with Crippen molar-refractivity contribution in [3.8, 4) is 11.4 Å². The molecule has 1 aliphatic heterocycles. The second-order valence-corrected chi connectivity index (χ2v) is 11.3. The first kappa shape index (κ1) is 23.7. The van der Waals surface area contributed by atoms with Gasteiger partial charge in [-0.15, -0.1) is 0 Å². The summed E-state index contributed by atoms with van der Waals surface area (Å²) >= 11 is 0. The molecule has 0 radical (unpaired) electrons. The first-order chi connectivity index (χ1) is 17.7. The summed E-state index contributed by atoms with van der Waals surface area (Å²) in [6, 6.07) is 17.3. The lowest BCUT2D eigenvalue weighted by molar-refractivity contribution is 0.247. The normalized spacial score (nSPS) is 15.2. The van der Waals surface area contributed by atoms with Crippen molar-refractivity contribution in [2.24, 2.45) is 0 Å². The fraction of sp³-hybridized carbons (Fsp3) is 0.367. The van der Waals surface area contributed by atoms with Crippen LogP contribution in [0.25, 0.3) is 28.1 Å². The van der Waals surface area contributed by atoms with Gasteiger partial charge in [-0.2, -0.15) is 0 Å². The third-order valence-electron chi connectivity index (χ3n) is 7.43. The molecule has 190 valence electrons. The molecule has 0 saturated carbocycles. The molecule has 5 aromatic rings. The van der Waals surface area contributed by atoms with Crippen LogP contribution in [0.5, 0.6) is 0 Å². The molecule has 7 heteroatoms. The molecule has 4 heterocycles. The minimum absolute atomic E-state index is 0.141. The lowest BCUT2D eigenvalue weighted by Crippen LogP contribution is -2.46. The van der Waals surface area contributed by atoms with Crippen molar-refractivity contribution in [2.75, 3.05) is 31.1 Å². The van der Waals surface area contributed by atoms with Gasteiger partial charge in [0.25, 0.3) is 0 Å². The van der Waals surface area contributed by atoms with Crippen molar-refractivity contribution < 1.29 is 0 Å². The number of aryl methyl sites for hydroxylation is 2. The summed E-state index contributed by atoms with van der Waals surface area (Å²) in [6.07, 6.45) is 2.13. The average Bonchev–Trinajstić information content (AvgIpc) is 3.48. The van der Waals surface area contributed by atoms with Crippen molar-refractivity contribution in [3.63, 3.8) is 0 Å². The summed E-state index contributed by atoms with van der Waals surface area (Å²) in [5, 5.41) is 0. The largest absolute Gasteiger partial charge is 0.367 e. The Balaban J connectivity index is 1.17. The van der Waals surface area contributed by atoms with E-state index in [-0.39, 0.29) is 5.41 Å². The Kier molecular flexibility index (Phi) is 5.75. The van der Waals surface area contributed by atoms with Gasteiger partial charge in [0.2, 0.25) is 0 Å². The SMILES string of the molecule is Cc1cc2nc(CN3CCN(c4cccc5nc(-c6ccc(C(C)(C)C)cc6)[nH]c45)CC3)cn2c(C)n1. The minimum Gasteiger partial charge on any atom is -0.367 e. The maximum Gasteiger partial charge on any atom is 0.140 e. The van der Waals surface area contributed by atoms with Gasteiger partial charge in [-0.05, 0) is 37.0 Å². The topological polar surface area (TPSA) is 65.4 Å². The number of imidazole rings is 2. The fourth-order valence-corrected chi connectivity index (χ4v) is 5.33. The molecule has 0 spiro atoms. The molecule has 6 rings (SSSR count). The molecule has 0 atom stereocenters. The maximum atomic E-state index is 4.93. The summed E-state index contributed by atoms with van der Waals surface area (Å²) in [7, 11) is 0. The van der Waals surface area contributed by atoms with Gasteiger partial charge >= 0.3 is 0 Å². The number of nitrogens with one attached hydrogen (secondary N) is 1. The average molecular weight is 494 g/mol. The Morgan fingerprint density at radius 2 is 1.65 bits per heavy atom. The van der Waals surface area contributed by atoms with Crippen LogP contribution in [0.15, 0.2) is 54.7 Å². The predicted molar refractivity (Wildman–Crippen MR) is 150 cm³/mol. The molecular weight excluding hydrogens is 458 g/mol. The van der Waals surface area contributed by atoms with Crippen LogP contribution in [0.2, 0.25) is 0 Å². The summed E-state index contributed by atoms with van der Waals surface area (Å²) in [4.78, 5) is 22.9. The lowest BCUT2D eigenvalue weighted by Gasteiger charge is -2.35. The summed E-state index contributed by atoms with van der Waals surface area (Å²) in [5.74, 6) is 1.91. The van der Waals surface area contributed by atoms with E-state index < -0.39 is 0 Å². The quantitative estimate of drug-likeness (QED) is 0.358. The zero-order valence-electron chi connectivity index (χ0n) is 22.4. The number of hydrogen-bond acceptors (Lipinski definition) is 5. The molecule has 37 heavy (non-hydrogen) atoms. The molecule has 1 N–H and O–H groups in total. The van der Waals surface area contributed by atoms with Crippen LogP contribution >= 0.6 is 0 Å². The van der Waals surface area contributed by atoms with Gasteiger partial charge in [0, 0.05) is 56.2 Å². The van der Waals surface area contributed by atoms with E-state index in [0.29, 0.717) is 0 Å². The number of aromatic amines is 1. The third-order valence-corrected chi connectivity index (χ3v) is 7.43. The fourth-order valence-electron chi connectivity index (χ4n) is 5.33. The van der Waals surface area contributed by atoms with Gasteiger partial charge in [-0.25, -0.2) is 15.0 Å². The number of H-pyrrole nitrogens is 1. The predicted octanol–water partition coefficient (Wildman–Crippen LogP) is 5.51. The van der Waals surface area contributed by atoms with Crippen molar-refractivity contribution in [2.45, 2.75) is 46.6 Å². The number of benzene rings is 2. The van der Waals surface area contributed by atoms with Crippen LogP contribution < -0.4 is 4.90 Å². The number of hydrogen-bond donors (Lipinski definition) is 1. The van der Waals surface area contributed by atoms with E-state index in [9.17, 15) is 0 Å². The van der Waals surface area contributed by atoms with E-state index in [2.05, 4.69) is 93.6 Å². The molecular formula is C30H35N7. The number of fused-ring (bicyclic) bond motifs is 2. The molecule has 2 aromatic carbocycles. The Morgan fingerprint density at radius 1 is 0.892 bits per heavy atom. The first-order valence-electron chi connectivity index (χ1n) is 13.1. The standard InChI is InChI=1S/C30H35N7/c1-20-17-27-32-24(19-37(27)21(2)31-20)18-35-13-15-36(16-14-35)26-8-6-7-25-28(26)34-29(33-25)22-9-11-23(12-10-22)30(3,4)5/h6-12,17,19H,13-16,18H2,1-5H3,(H,33,34). The number of para-hydroxylation sites is 1. The van der Waals surface area contributed by atoms with Gasteiger partial charge in [0.15, 0.2) is 0 Å². The van der Waals surface area contributed by atoms with Crippen LogP contribution in [0.3, 0.4) is 0 Å². The van der Waals surface area contributed by atoms with E-state index in [1.165, 1.54) is 11.3 Å². The second kappa shape index (κ2) is 8.99. The van der Waals surface area contributed by atoms with Crippen LogP contribution in [-0.4, -0.2) is 55.4 Å². The monoisotopic (exact) mass is 493 g/mol. The van der Waals surface area contributed by atoms with E-state index in [1.54, 1.807) is 0 Å².